The van der Waals surface area contributed by atoms with E-state index in [4.69, 9.17) is 9.47 Å². The summed E-state index contributed by atoms with van der Waals surface area (Å²) in [6.45, 7) is 3.40. The number of para-hydroxylation sites is 2. The van der Waals surface area contributed by atoms with Crippen LogP contribution in [-0.4, -0.2) is 38.3 Å². The Hall–Kier alpha value is -2.79. The number of H-pyrrole nitrogens is 1. The molecule has 1 heterocycles. The van der Waals surface area contributed by atoms with Gasteiger partial charge in [-0.1, -0.05) is 43.3 Å². The molecule has 0 bridgehead atoms. The average Bonchev–Trinajstić information content (AvgIpc) is 3.19. The minimum absolute atomic E-state index is 0.0259. The first-order valence-corrected chi connectivity index (χ1v) is 10.2. The number of hydrogen-bond donors (Lipinski definition) is 2. The minimum atomic E-state index is -0.102. The van der Waals surface area contributed by atoms with Gasteiger partial charge in [0.1, 0.15) is 5.75 Å². The molecule has 0 spiro atoms. The standard InChI is InChI=1S/C24H30N2O3/c1-4-17-9-7-11-19-21(16-26-24(17)19)20(15-23(27)25-13-8-14-28-2)18-10-5-6-12-22(18)29-3/h5-7,9-12,16,20,26H,4,8,13-15H2,1-3H3,(H,25,27)/t20-/m1/s1. The number of aromatic nitrogens is 1. The van der Waals surface area contributed by atoms with Crippen LogP contribution in [0.3, 0.4) is 0 Å². The Labute approximate surface area is 172 Å². The van der Waals surface area contributed by atoms with Crippen LogP contribution in [0.1, 0.15) is 42.4 Å². The molecule has 5 heteroatoms. The number of rotatable bonds is 10. The number of benzene rings is 2. The van der Waals surface area contributed by atoms with Crippen LogP contribution in [0.5, 0.6) is 5.75 Å². The van der Waals surface area contributed by atoms with Gasteiger partial charge in [0.25, 0.3) is 0 Å². The number of aryl methyl sites for hydroxylation is 1. The van der Waals surface area contributed by atoms with Crippen molar-refractivity contribution in [3.8, 4) is 5.75 Å². The SMILES string of the molecule is CCc1cccc2c([C@H](CC(=O)NCCCOC)c3ccccc3OC)c[nH]c12. The molecule has 0 unspecified atom stereocenters. The summed E-state index contributed by atoms with van der Waals surface area (Å²) in [6, 6.07) is 14.3. The summed E-state index contributed by atoms with van der Waals surface area (Å²) in [5.74, 6) is 0.720. The second kappa shape index (κ2) is 10.1. The highest BCUT2D eigenvalue weighted by molar-refractivity contribution is 5.88. The molecule has 0 aliphatic carbocycles. The molecule has 2 N–H and O–H groups in total. The topological polar surface area (TPSA) is 63.4 Å². The van der Waals surface area contributed by atoms with E-state index in [2.05, 4.69) is 35.4 Å². The van der Waals surface area contributed by atoms with Gasteiger partial charge in [0.2, 0.25) is 5.91 Å². The molecule has 0 saturated heterocycles. The summed E-state index contributed by atoms with van der Waals surface area (Å²) in [5.41, 5.74) is 4.55. The maximum absolute atomic E-state index is 12.7. The highest BCUT2D eigenvalue weighted by Gasteiger charge is 2.24. The van der Waals surface area contributed by atoms with Crippen molar-refractivity contribution in [1.82, 2.24) is 10.3 Å². The van der Waals surface area contributed by atoms with E-state index < -0.39 is 0 Å². The van der Waals surface area contributed by atoms with Crippen molar-refractivity contribution >= 4 is 16.8 Å². The summed E-state index contributed by atoms with van der Waals surface area (Å²) in [5, 5.41) is 4.18. The number of hydrogen-bond acceptors (Lipinski definition) is 3. The normalized spacial score (nSPS) is 12.1. The molecule has 3 rings (SSSR count). The van der Waals surface area contributed by atoms with Gasteiger partial charge in [0.05, 0.1) is 7.11 Å². The monoisotopic (exact) mass is 394 g/mol. The van der Waals surface area contributed by atoms with Gasteiger partial charge in [0, 0.05) is 55.3 Å². The van der Waals surface area contributed by atoms with Crippen LogP contribution in [0.25, 0.3) is 10.9 Å². The van der Waals surface area contributed by atoms with E-state index in [0.717, 1.165) is 40.6 Å². The zero-order valence-electron chi connectivity index (χ0n) is 17.5. The van der Waals surface area contributed by atoms with Gasteiger partial charge in [-0.3, -0.25) is 4.79 Å². The van der Waals surface area contributed by atoms with Crippen LogP contribution in [0.15, 0.2) is 48.7 Å². The molecule has 0 aliphatic rings. The molecule has 1 amide bonds. The van der Waals surface area contributed by atoms with E-state index in [0.29, 0.717) is 19.6 Å². The first kappa shape index (κ1) is 20.9. The molecule has 3 aromatic rings. The zero-order valence-corrected chi connectivity index (χ0v) is 17.5. The van der Waals surface area contributed by atoms with Crippen molar-refractivity contribution in [2.45, 2.75) is 32.1 Å². The van der Waals surface area contributed by atoms with E-state index >= 15 is 0 Å². The van der Waals surface area contributed by atoms with Gasteiger partial charge in [-0.15, -0.1) is 0 Å². The van der Waals surface area contributed by atoms with Gasteiger partial charge in [-0.25, -0.2) is 0 Å². The van der Waals surface area contributed by atoms with E-state index in [9.17, 15) is 4.79 Å². The summed E-state index contributed by atoms with van der Waals surface area (Å²) < 4.78 is 10.7. The van der Waals surface area contributed by atoms with Crippen LogP contribution >= 0.6 is 0 Å². The summed E-state index contributed by atoms with van der Waals surface area (Å²) in [6.07, 6.45) is 4.15. The van der Waals surface area contributed by atoms with Crippen LogP contribution < -0.4 is 10.1 Å². The first-order chi connectivity index (χ1) is 14.2. The predicted octanol–water partition coefficient (Wildman–Crippen LogP) is 4.41. The van der Waals surface area contributed by atoms with E-state index in [-0.39, 0.29) is 11.8 Å². The highest BCUT2D eigenvalue weighted by Crippen LogP contribution is 2.38. The van der Waals surface area contributed by atoms with Gasteiger partial charge < -0.3 is 19.8 Å². The lowest BCUT2D eigenvalue weighted by molar-refractivity contribution is -0.121. The summed E-state index contributed by atoms with van der Waals surface area (Å²) in [4.78, 5) is 16.2. The fourth-order valence-electron chi connectivity index (χ4n) is 3.87. The third-order valence-corrected chi connectivity index (χ3v) is 5.34. The molecule has 5 nitrogen and oxygen atoms in total. The van der Waals surface area contributed by atoms with Gasteiger partial charge in [-0.2, -0.15) is 0 Å². The fraction of sp³-hybridized carbons (Fsp3) is 0.375. The molecule has 2 aromatic carbocycles. The third kappa shape index (κ3) is 4.80. The lowest BCUT2D eigenvalue weighted by Crippen LogP contribution is -2.27. The molecule has 0 saturated carbocycles. The largest absolute Gasteiger partial charge is 0.496 e. The number of carbonyl (C=O) groups is 1. The molecular formula is C24H30N2O3. The van der Waals surface area contributed by atoms with Gasteiger partial charge in [-0.05, 0) is 30.0 Å². The molecule has 1 atom stereocenters. The Morgan fingerprint density at radius 3 is 2.69 bits per heavy atom. The van der Waals surface area contributed by atoms with Crippen molar-refractivity contribution in [2.24, 2.45) is 0 Å². The average molecular weight is 395 g/mol. The van der Waals surface area contributed by atoms with Crippen LogP contribution in [0, 0.1) is 0 Å². The van der Waals surface area contributed by atoms with Crippen molar-refractivity contribution in [1.29, 1.82) is 0 Å². The molecule has 154 valence electrons. The number of nitrogens with one attached hydrogen (secondary N) is 2. The maximum Gasteiger partial charge on any atom is 0.220 e. The Kier molecular flexibility index (Phi) is 7.30. The van der Waals surface area contributed by atoms with Gasteiger partial charge >= 0.3 is 0 Å². The van der Waals surface area contributed by atoms with Crippen LogP contribution in [0.4, 0.5) is 0 Å². The van der Waals surface area contributed by atoms with Crippen molar-refractivity contribution in [3.63, 3.8) is 0 Å². The molecule has 29 heavy (non-hydrogen) atoms. The highest BCUT2D eigenvalue weighted by atomic mass is 16.5. The Morgan fingerprint density at radius 2 is 1.93 bits per heavy atom. The predicted molar refractivity (Wildman–Crippen MR) is 117 cm³/mol. The van der Waals surface area contributed by atoms with Crippen molar-refractivity contribution in [2.75, 3.05) is 27.4 Å². The number of ether oxygens (including phenoxy) is 2. The molecular weight excluding hydrogens is 364 g/mol. The Balaban J connectivity index is 1.97. The van der Waals surface area contributed by atoms with Crippen molar-refractivity contribution in [3.05, 3.63) is 65.4 Å². The third-order valence-electron chi connectivity index (χ3n) is 5.34. The van der Waals surface area contributed by atoms with E-state index in [1.165, 1.54) is 5.56 Å². The van der Waals surface area contributed by atoms with E-state index in [1.54, 1.807) is 14.2 Å². The fourth-order valence-corrected chi connectivity index (χ4v) is 3.87. The lowest BCUT2D eigenvalue weighted by atomic mass is 9.87. The van der Waals surface area contributed by atoms with Crippen LogP contribution in [0.2, 0.25) is 0 Å². The first-order valence-electron chi connectivity index (χ1n) is 10.2. The van der Waals surface area contributed by atoms with Crippen LogP contribution in [-0.2, 0) is 16.0 Å². The lowest BCUT2D eigenvalue weighted by Gasteiger charge is -2.20. The number of fused-ring (bicyclic) bond motifs is 1. The number of methoxy groups -OCH3 is 2. The number of amides is 1. The summed E-state index contributed by atoms with van der Waals surface area (Å²) >= 11 is 0. The molecule has 1 aromatic heterocycles. The number of aromatic amines is 1. The summed E-state index contributed by atoms with van der Waals surface area (Å²) in [7, 11) is 3.34. The Bertz CT molecular complexity index is 948. The smallest absolute Gasteiger partial charge is 0.220 e. The van der Waals surface area contributed by atoms with Crippen molar-refractivity contribution < 1.29 is 14.3 Å². The van der Waals surface area contributed by atoms with E-state index in [1.807, 2.05) is 30.5 Å². The molecule has 0 radical (unpaired) electrons. The molecule has 0 fully saturated rings. The second-order valence-corrected chi connectivity index (χ2v) is 7.13. The molecule has 0 aliphatic heterocycles. The minimum Gasteiger partial charge on any atom is -0.496 e. The number of carbonyl (C=O) groups excluding carboxylic acids is 1. The Morgan fingerprint density at radius 1 is 1.10 bits per heavy atom. The van der Waals surface area contributed by atoms with Gasteiger partial charge in [0.15, 0.2) is 0 Å². The second-order valence-electron chi connectivity index (χ2n) is 7.13. The quantitative estimate of drug-likeness (QED) is 0.501. The zero-order chi connectivity index (χ0) is 20.6. The maximum atomic E-state index is 12.7.